The number of para-hydroxylation sites is 1. The Morgan fingerprint density at radius 2 is 1.21 bits per heavy atom. The van der Waals surface area contributed by atoms with Crippen molar-refractivity contribution < 1.29 is 5.11 Å². The predicted molar refractivity (Wildman–Crippen MR) is 187 cm³/mol. The molecule has 1 N–H and O–H groups in total. The first-order chi connectivity index (χ1) is 20.5. The van der Waals surface area contributed by atoms with E-state index in [4.69, 9.17) is 4.99 Å². The first-order valence-electron chi connectivity index (χ1n) is 15.3. The summed E-state index contributed by atoms with van der Waals surface area (Å²) in [5.74, 6) is 0.395. The lowest BCUT2D eigenvalue weighted by molar-refractivity contribution is 0.254. The molecule has 0 bridgehead atoms. The van der Waals surface area contributed by atoms with Crippen LogP contribution in [-0.2, 0) is 5.41 Å². The van der Waals surface area contributed by atoms with Gasteiger partial charge in [-0.1, -0.05) is 165 Å². The summed E-state index contributed by atoms with van der Waals surface area (Å²) in [7, 11) is -0.628. The molecule has 1 saturated heterocycles. The Labute approximate surface area is 258 Å². The van der Waals surface area contributed by atoms with Crippen LogP contribution in [0.25, 0.3) is 33.0 Å². The molecule has 6 rings (SSSR count). The van der Waals surface area contributed by atoms with Gasteiger partial charge in [0.15, 0.2) is 0 Å². The number of hydrogen-bond donors (Lipinski definition) is 1. The minimum Gasteiger partial charge on any atom is -0.507 e. The fraction of sp³-hybridized carbons (Fsp3) is 0.275. The third-order valence-electron chi connectivity index (χ3n) is 9.22. The van der Waals surface area contributed by atoms with Gasteiger partial charge in [-0.3, -0.25) is 4.99 Å². The average Bonchev–Trinajstić information content (AvgIpc) is 3.39. The summed E-state index contributed by atoms with van der Waals surface area (Å²) in [6.07, 6.45) is 2.04. The van der Waals surface area contributed by atoms with E-state index in [1.54, 1.807) is 0 Å². The molecule has 218 valence electrons. The zero-order valence-electron chi connectivity index (χ0n) is 26.2. The standard InChI is InChI=1S/C40H42NOP/c1-38(2,3)40(34-25-24-30-20-13-14-21-33(30)36(34)42)26-27-43(39(4,5)6)37(40)41-35-31(28-16-9-7-10-17-28)22-15-23-32(35)29-18-11-8-12-19-29/h7-25,42H,26-27H2,1-6H3. The van der Waals surface area contributed by atoms with E-state index in [2.05, 4.69) is 139 Å². The van der Waals surface area contributed by atoms with E-state index in [1.165, 1.54) is 5.45 Å². The zero-order valence-corrected chi connectivity index (χ0v) is 27.1. The van der Waals surface area contributed by atoms with Gasteiger partial charge >= 0.3 is 0 Å². The van der Waals surface area contributed by atoms with E-state index >= 15 is 0 Å². The SMILES string of the molecule is CC(C)(C)P1CCC(c2ccc3ccccc3c2O)(C(C)(C)C)C1=Nc1c(-c2ccccc2)cccc1-c1ccccc1. The molecule has 5 aromatic carbocycles. The number of hydrogen-bond acceptors (Lipinski definition) is 2. The summed E-state index contributed by atoms with van der Waals surface area (Å²) >= 11 is 0. The van der Waals surface area contributed by atoms with Gasteiger partial charge in [-0.15, -0.1) is 0 Å². The summed E-state index contributed by atoms with van der Waals surface area (Å²) < 4.78 is 0. The molecule has 2 unspecified atom stereocenters. The highest BCUT2D eigenvalue weighted by molar-refractivity contribution is 7.77. The summed E-state index contributed by atoms with van der Waals surface area (Å²) in [5.41, 5.74) is 7.23. The van der Waals surface area contributed by atoms with E-state index in [-0.39, 0.29) is 10.6 Å². The lowest BCUT2D eigenvalue weighted by atomic mass is 9.61. The molecular formula is C40H42NOP. The van der Waals surface area contributed by atoms with Crippen molar-refractivity contribution in [2.75, 3.05) is 6.16 Å². The molecule has 2 nitrogen and oxygen atoms in total. The van der Waals surface area contributed by atoms with E-state index in [0.29, 0.717) is 5.75 Å². The van der Waals surface area contributed by atoms with Gasteiger partial charge in [-0.25, -0.2) is 0 Å². The summed E-state index contributed by atoms with van der Waals surface area (Å²) in [5, 5.41) is 14.1. The Balaban J connectivity index is 1.72. The Morgan fingerprint density at radius 1 is 0.651 bits per heavy atom. The number of rotatable bonds is 4. The van der Waals surface area contributed by atoms with E-state index in [1.807, 2.05) is 18.2 Å². The molecule has 0 aromatic heterocycles. The number of aromatic hydroxyl groups is 1. The van der Waals surface area contributed by atoms with Crippen LogP contribution in [0, 0.1) is 5.41 Å². The van der Waals surface area contributed by atoms with Crippen LogP contribution in [0.3, 0.4) is 0 Å². The van der Waals surface area contributed by atoms with Gasteiger partial charge in [0.05, 0.1) is 11.1 Å². The van der Waals surface area contributed by atoms with E-state index in [9.17, 15) is 5.11 Å². The molecule has 1 aliphatic heterocycles. The number of aliphatic imine (C=N–C) groups is 1. The lowest BCUT2D eigenvalue weighted by Crippen LogP contribution is -2.44. The maximum absolute atomic E-state index is 12.0. The van der Waals surface area contributed by atoms with Gasteiger partial charge in [-0.2, -0.15) is 0 Å². The molecule has 0 aliphatic carbocycles. The highest BCUT2D eigenvalue weighted by atomic mass is 31.1. The van der Waals surface area contributed by atoms with Gasteiger partial charge in [0.25, 0.3) is 0 Å². The van der Waals surface area contributed by atoms with Gasteiger partial charge < -0.3 is 5.11 Å². The van der Waals surface area contributed by atoms with Crippen LogP contribution in [0.15, 0.2) is 120 Å². The molecule has 0 amide bonds. The van der Waals surface area contributed by atoms with E-state index in [0.717, 1.165) is 56.9 Å². The minimum absolute atomic E-state index is 0.0578. The fourth-order valence-corrected chi connectivity index (χ4v) is 10.3. The van der Waals surface area contributed by atoms with Crippen molar-refractivity contribution in [1.82, 2.24) is 0 Å². The number of benzene rings is 5. The Morgan fingerprint density at radius 3 is 1.77 bits per heavy atom. The second-order valence-corrected chi connectivity index (χ2v) is 16.8. The molecule has 5 aromatic rings. The molecule has 3 heteroatoms. The van der Waals surface area contributed by atoms with Crippen molar-refractivity contribution in [2.24, 2.45) is 10.4 Å². The lowest BCUT2D eigenvalue weighted by Gasteiger charge is -2.45. The zero-order chi connectivity index (χ0) is 30.4. The normalized spacial score (nSPS) is 20.1. The van der Waals surface area contributed by atoms with Crippen molar-refractivity contribution in [2.45, 2.75) is 58.5 Å². The van der Waals surface area contributed by atoms with Gasteiger partial charge in [0.1, 0.15) is 5.75 Å². The van der Waals surface area contributed by atoms with Crippen LogP contribution in [0.4, 0.5) is 5.69 Å². The molecule has 43 heavy (non-hydrogen) atoms. The van der Waals surface area contributed by atoms with Crippen LogP contribution in [0.5, 0.6) is 5.75 Å². The maximum atomic E-state index is 12.0. The summed E-state index contributed by atoms with van der Waals surface area (Å²) in [4.78, 5) is 5.91. The first kappa shape index (κ1) is 29.3. The number of fused-ring (bicyclic) bond motifs is 1. The monoisotopic (exact) mass is 583 g/mol. The van der Waals surface area contributed by atoms with Crippen LogP contribution < -0.4 is 0 Å². The van der Waals surface area contributed by atoms with Crippen LogP contribution in [0.1, 0.15) is 53.5 Å². The second kappa shape index (κ2) is 11.1. The second-order valence-electron chi connectivity index (χ2n) is 13.8. The van der Waals surface area contributed by atoms with Gasteiger partial charge in [0, 0.05) is 27.5 Å². The van der Waals surface area contributed by atoms with Crippen LogP contribution >= 0.6 is 7.92 Å². The molecule has 0 radical (unpaired) electrons. The molecular weight excluding hydrogens is 541 g/mol. The van der Waals surface area contributed by atoms with E-state index < -0.39 is 13.3 Å². The van der Waals surface area contributed by atoms with Crippen molar-refractivity contribution >= 4 is 29.8 Å². The molecule has 0 saturated carbocycles. The topological polar surface area (TPSA) is 32.6 Å². The highest BCUT2D eigenvalue weighted by Crippen LogP contribution is 2.68. The summed E-state index contributed by atoms with van der Waals surface area (Å²) in [6, 6.07) is 40.4. The third kappa shape index (κ3) is 5.11. The quantitative estimate of drug-likeness (QED) is 0.210. The Bertz CT molecular complexity index is 1740. The van der Waals surface area contributed by atoms with Crippen molar-refractivity contribution in [3.05, 3.63) is 121 Å². The number of phenolic OH excluding ortho intramolecular Hbond substituents is 1. The summed E-state index contributed by atoms with van der Waals surface area (Å²) in [6.45, 7) is 14.1. The molecule has 0 spiro atoms. The van der Waals surface area contributed by atoms with Gasteiger partial charge in [-0.05, 0) is 39.7 Å². The molecule has 2 atom stereocenters. The molecule has 1 fully saturated rings. The average molecular weight is 584 g/mol. The van der Waals surface area contributed by atoms with Gasteiger partial charge in [0.2, 0.25) is 0 Å². The highest BCUT2D eigenvalue weighted by Gasteiger charge is 2.57. The number of nitrogens with zero attached hydrogens (tertiary/aromatic N) is 1. The number of phenols is 1. The predicted octanol–water partition coefficient (Wildman–Crippen LogP) is 11.6. The first-order valence-corrected chi connectivity index (χ1v) is 16.9. The molecule has 1 aliphatic rings. The van der Waals surface area contributed by atoms with Crippen molar-refractivity contribution in [3.63, 3.8) is 0 Å². The largest absolute Gasteiger partial charge is 0.507 e. The van der Waals surface area contributed by atoms with Crippen molar-refractivity contribution in [1.29, 1.82) is 0 Å². The van der Waals surface area contributed by atoms with Crippen LogP contribution in [-0.4, -0.2) is 21.9 Å². The maximum Gasteiger partial charge on any atom is 0.127 e. The third-order valence-corrected chi connectivity index (χ3v) is 12.5. The minimum atomic E-state index is -0.628. The smallest absolute Gasteiger partial charge is 0.127 e. The van der Waals surface area contributed by atoms with Crippen LogP contribution in [0.2, 0.25) is 0 Å². The Hall–Kier alpha value is -3.74. The molecule has 1 heterocycles. The fourth-order valence-electron chi connectivity index (χ4n) is 6.98. The van der Waals surface area contributed by atoms with Crippen molar-refractivity contribution in [3.8, 4) is 28.0 Å². The Kier molecular flexibility index (Phi) is 7.55.